The molecule has 0 spiro atoms. The highest BCUT2D eigenvalue weighted by atomic mass is 127. The van der Waals surface area contributed by atoms with Crippen molar-refractivity contribution < 1.29 is 18.7 Å². The van der Waals surface area contributed by atoms with E-state index in [2.05, 4.69) is 27.7 Å². The highest BCUT2D eigenvalue weighted by molar-refractivity contribution is 14.0. The van der Waals surface area contributed by atoms with Gasteiger partial charge < -0.3 is 29.4 Å². The lowest BCUT2D eigenvalue weighted by Gasteiger charge is -2.18. The molecule has 8 nitrogen and oxygen atoms in total. The second kappa shape index (κ2) is 11.0. The van der Waals surface area contributed by atoms with Crippen molar-refractivity contribution in [2.45, 2.75) is 26.7 Å². The molecule has 0 saturated heterocycles. The number of methoxy groups -OCH3 is 3. The fourth-order valence-corrected chi connectivity index (χ4v) is 3.01. The van der Waals surface area contributed by atoms with Crippen LogP contribution in [0, 0.1) is 13.8 Å². The molecule has 0 amide bonds. The molecular weight excluding hydrogens is 475 g/mol. The average Bonchev–Trinajstić information content (AvgIpc) is 3.02. The zero-order chi connectivity index (χ0) is 20.0. The van der Waals surface area contributed by atoms with Crippen LogP contribution in [-0.4, -0.2) is 46.0 Å². The highest BCUT2D eigenvalue weighted by Crippen LogP contribution is 2.39. The molecule has 0 bridgehead atoms. The van der Waals surface area contributed by atoms with Gasteiger partial charge in [-0.3, -0.25) is 4.99 Å². The second-order valence-electron chi connectivity index (χ2n) is 6.13. The Kier molecular flexibility index (Phi) is 9.36. The summed E-state index contributed by atoms with van der Waals surface area (Å²) in [6.07, 6.45) is 0. The first kappa shape index (κ1) is 23.9. The first-order valence-corrected chi connectivity index (χ1v) is 8.65. The summed E-state index contributed by atoms with van der Waals surface area (Å²) in [5, 5.41) is 10.6. The van der Waals surface area contributed by atoms with Crippen molar-refractivity contribution in [1.29, 1.82) is 0 Å². The maximum Gasteiger partial charge on any atom is 0.203 e. The van der Waals surface area contributed by atoms with Crippen molar-refractivity contribution in [3.8, 4) is 17.2 Å². The van der Waals surface area contributed by atoms with Crippen LogP contribution in [0.1, 0.15) is 29.9 Å². The monoisotopic (exact) mass is 504 g/mol. The standard InChI is InChI=1S/C19H28N4O4.HI/c1-11(17-12(2)23-27-13(17)3)10-21-19(20-4)22-14-8-15(24-5)18(26-7)16(9-14)25-6;/h8-9,11H,10H2,1-7H3,(H2,20,21,22);1H. The van der Waals surface area contributed by atoms with Gasteiger partial charge in [0.25, 0.3) is 0 Å². The fourth-order valence-electron chi connectivity index (χ4n) is 3.01. The molecule has 0 radical (unpaired) electrons. The van der Waals surface area contributed by atoms with Crippen LogP contribution in [0.25, 0.3) is 0 Å². The zero-order valence-electron chi connectivity index (χ0n) is 17.4. The lowest BCUT2D eigenvalue weighted by molar-refractivity contribution is 0.324. The molecule has 156 valence electrons. The topological polar surface area (TPSA) is 90.1 Å². The molecule has 0 saturated carbocycles. The molecule has 1 aromatic heterocycles. The summed E-state index contributed by atoms with van der Waals surface area (Å²) in [5.74, 6) is 3.37. The number of halogens is 1. The minimum Gasteiger partial charge on any atom is -0.493 e. The van der Waals surface area contributed by atoms with E-state index in [1.807, 2.05) is 26.0 Å². The third kappa shape index (κ3) is 5.43. The van der Waals surface area contributed by atoms with Gasteiger partial charge in [-0.25, -0.2) is 0 Å². The van der Waals surface area contributed by atoms with Crippen molar-refractivity contribution >= 4 is 35.6 Å². The number of rotatable bonds is 7. The van der Waals surface area contributed by atoms with E-state index in [4.69, 9.17) is 18.7 Å². The molecule has 1 aromatic carbocycles. The molecule has 2 rings (SSSR count). The van der Waals surface area contributed by atoms with Crippen LogP contribution in [0.4, 0.5) is 5.69 Å². The molecule has 1 atom stereocenters. The molecule has 1 unspecified atom stereocenters. The largest absolute Gasteiger partial charge is 0.493 e. The average molecular weight is 504 g/mol. The summed E-state index contributed by atoms with van der Waals surface area (Å²) in [5.41, 5.74) is 2.79. The van der Waals surface area contributed by atoms with Crippen LogP contribution in [0.5, 0.6) is 17.2 Å². The second-order valence-corrected chi connectivity index (χ2v) is 6.13. The zero-order valence-corrected chi connectivity index (χ0v) is 19.7. The Morgan fingerprint density at radius 1 is 1.14 bits per heavy atom. The van der Waals surface area contributed by atoms with E-state index in [1.165, 1.54) is 0 Å². The number of aliphatic imine (C=N–C) groups is 1. The van der Waals surface area contributed by atoms with Gasteiger partial charge in [-0.15, -0.1) is 24.0 Å². The van der Waals surface area contributed by atoms with Gasteiger partial charge in [0.2, 0.25) is 5.75 Å². The van der Waals surface area contributed by atoms with Gasteiger partial charge in [0.05, 0.1) is 27.0 Å². The first-order chi connectivity index (χ1) is 12.9. The number of guanidine groups is 1. The van der Waals surface area contributed by atoms with E-state index in [9.17, 15) is 0 Å². The van der Waals surface area contributed by atoms with Gasteiger partial charge in [-0.2, -0.15) is 0 Å². The number of aryl methyl sites for hydroxylation is 2. The lowest BCUT2D eigenvalue weighted by Crippen LogP contribution is -2.33. The summed E-state index contributed by atoms with van der Waals surface area (Å²) in [6, 6.07) is 3.65. The summed E-state index contributed by atoms with van der Waals surface area (Å²) in [7, 11) is 6.46. The lowest BCUT2D eigenvalue weighted by atomic mass is 10.00. The Hall–Kier alpha value is -2.17. The maximum absolute atomic E-state index is 5.39. The van der Waals surface area contributed by atoms with Gasteiger partial charge in [-0.05, 0) is 13.8 Å². The van der Waals surface area contributed by atoms with E-state index in [0.717, 1.165) is 22.7 Å². The molecule has 1 heterocycles. The predicted molar refractivity (Wildman–Crippen MR) is 121 cm³/mol. The summed E-state index contributed by atoms with van der Waals surface area (Å²) < 4.78 is 21.4. The van der Waals surface area contributed by atoms with E-state index >= 15 is 0 Å². The van der Waals surface area contributed by atoms with E-state index in [-0.39, 0.29) is 29.9 Å². The highest BCUT2D eigenvalue weighted by Gasteiger charge is 2.17. The Labute approximate surface area is 183 Å². The number of nitrogens with one attached hydrogen (secondary N) is 2. The smallest absolute Gasteiger partial charge is 0.203 e. The number of aromatic nitrogens is 1. The van der Waals surface area contributed by atoms with Crippen LogP contribution in [0.15, 0.2) is 21.6 Å². The molecular formula is C19H29IN4O4. The van der Waals surface area contributed by atoms with Gasteiger partial charge in [0.15, 0.2) is 17.5 Å². The summed E-state index contributed by atoms with van der Waals surface area (Å²) in [4.78, 5) is 4.28. The number of hydrogen-bond donors (Lipinski definition) is 2. The number of ether oxygens (including phenoxy) is 3. The van der Waals surface area contributed by atoms with Gasteiger partial charge in [-0.1, -0.05) is 12.1 Å². The Morgan fingerprint density at radius 3 is 2.18 bits per heavy atom. The molecule has 0 aliphatic rings. The summed E-state index contributed by atoms with van der Waals surface area (Å²) in [6.45, 7) is 6.67. The Morgan fingerprint density at radius 2 is 1.75 bits per heavy atom. The molecule has 0 fully saturated rings. The molecule has 2 aromatic rings. The number of nitrogens with zero attached hydrogens (tertiary/aromatic N) is 2. The van der Waals surface area contributed by atoms with Gasteiger partial charge in [0.1, 0.15) is 5.76 Å². The van der Waals surface area contributed by atoms with Crippen LogP contribution in [0.3, 0.4) is 0 Å². The van der Waals surface area contributed by atoms with Crippen molar-refractivity contribution in [2.75, 3.05) is 40.2 Å². The number of benzene rings is 1. The fraction of sp³-hybridized carbons (Fsp3) is 0.474. The molecule has 0 aliphatic heterocycles. The minimum absolute atomic E-state index is 0. The molecule has 2 N–H and O–H groups in total. The van der Waals surface area contributed by atoms with Gasteiger partial charge >= 0.3 is 0 Å². The Bertz CT molecular complexity index is 763. The quantitative estimate of drug-likeness (QED) is 0.338. The van der Waals surface area contributed by atoms with Crippen LogP contribution in [-0.2, 0) is 0 Å². The van der Waals surface area contributed by atoms with Crippen molar-refractivity contribution in [2.24, 2.45) is 4.99 Å². The minimum atomic E-state index is 0. The first-order valence-electron chi connectivity index (χ1n) is 8.65. The predicted octanol–water partition coefficient (Wildman–Crippen LogP) is 3.73. The van der Waals surface area contributed by atoms with Crippen LogP contribution < -0.4 is 24.8 Å². The Balaban J connectivity index is 0.00000392. The van der Waals surface area contributed by atoms with Crippen LogP contribution >= 0.6 is 24.0 Å². The maximum atomic E-state index is 5.39. The van der Waals surface area contributed by atoms with Crippen LogP contribution in [0.2, 0.25) is 0 Å². The third-order valence-corrected chi connectivity index (χ3v) is 4.31. The normalized spacial score (nSPS) is 12.0. The van der Waals surface area contributed by atoms with Crippen molar-refractivity contribution in [3.63, 3.8) is 0 Å². The number of hydrogen-bond acceptors (Lipinski definition) is 6. The van der Waals surface area contributed by atoms with Crippen molar-refractivity contribution in [3.05, 3.63) is 29.2 Å². The summed E-state index contributed by atoms with van der Waals surface area (Å²) >= 11 is 0. The SMILES string of the molecule is CN=C(NCC(C)c1c(C)noc1C)Nc1cc(OC)c(OC)c(OC)c1.I. The van der Waals surface area contributed by atoms with E-state index in [0.29, 0.717) is 29.8 Å². The molecule has 28 heavy (non-hydrogen) atoms. The van der Waals surface area contributed by atoms with E-state index in [1.54, 1.807) is 28.4 Å². The van der Waals surface area contributed by atoms with Crippen molar-refractivity contribution in [1.82, 2.24) is 10.5 Å². The molecule has 0 aliphatic carbocycles. The van der Waals surface area contributed by atoms with Gasteiger partial charge in [0, 0.05) is 42.9 Å². The molecule has 9 heteroatoms. The third-order valence-electron chi connectivity index (χ3n) is 4.31. The number of anilines is 1. The van der Waals surface area contributed by atoms with E-state index < -0.39 is 0 Å².